The summed E-state index contributed by atoms with van der Waals surface area (Å²) in [6, 6.07) is 11.5. The van der Waals surface area contributed by atoms with E-state index >= 15 is 0 Å². The Balaban J connectivity index is 2.06. The molecular weight excluding hydrogens is 342 g/mol. The maximum absolute atomic E-state index is 3.61. The fourth-order valence-corrected chi connectivity index (χ4v) is 4.08. The lowest BCUT2D eigenvalue weighted by molar-refractivity contribution is 0.446. The molecule has 1 N–H and O–H groups in total. The minimum Gasteiger partial charge on any atom is -0.314 e. The summed E-state index contributed by atoms with van der Waals surface area (Å²) in [6.45, 7) is 7.71. The van der Waals surface area contributed by atoms with Crippen LogP contribution in [-0.4, -0.2) is 12.6 Å². The molecule has 0 amide bonds. The number of benzene rings is 1. The second kappa shape index (κ2) is 8.11. The van der Waals surface area contributed by atoms with E-state index in [1.54, 1.807) is 0 Å². The van der Waals surface area contributed by atoms with Crippen LogP contribution < -0.4 is 5.32 Å². The van der Waals surface area contributed by atoms with Crippen LogP contribution in [0.1, 0.15) is 29.9 Å². The van der Waals surface area contributed by atoms with Gasteiger partial charge in [-0.1, -0.05) is 38.1 Å². The van der Waals surface area contributed by atoms with Crippen LogP contribution >= 0.6 is 27.3 Å². The topological polar surface area (TPSA) is 12.0 Å². The summed E-state index contributed by atoms with van der Waals surface area (Å²) >= 11 is 5.41. The summed E-state index contributed by atoms with van der Waals surface area (Å²) < 4.78 is 1.20. The summed E-state index contributed by atoms with van der Waals surface area (Å²) in [6.07, 6.45) is 2.28. The molecule has 0 radical (unpaired) electrons. The molecule has 0 spiro atoms. The molecule has 0 fully saturated rings. The zero-order valence-corrected chi connectivity index (χ0v) is 15.4. The molecule has 114 valence electrons. The van der Waals surface area contributed by atoms with Crippen molar-refractivity contribution in [1.82, 2.24) is 5.32 Å². The Morgan fingerprint density at radius 2 is 1.95 bits per heavy atom. The normalized spacial score (nSPS) is 12.8. The number of thiophene rings is 1. The van der Waals surface area contributed by atoms with Crippen molar-refractivity contribution in [3.8, 4) is 0 Å². The zero-order valence-electron chi connectivity index (χ0n) is 13.0. The van der Waals surface area contributed by atoms with Gasteiger partial charge in [0.05, 0.1) is 0 Å². The molecule has 2 rings (SSSR count). The van der Waals surface area contributed by atoms with E-state index in [9.17, 15) is 0 Å². The van der Waals surface area contributed by atoms with Crippen LogP contribution in [0.3, 0.4) is 0 Å². The van der Waals surface area contributed by atoms with Crippen LogP contribution in [0.5, 0.6) is 0 Å². The Hall–Kier alpha value is -0.640. The van der Waals surface area contributed by atoms with E-state index in [1.807, 2.05) is 11.3 Å². The first-order valence-electron chi connectivity index (χ1n) is 7.55. The average Bonchev–Trinajstić information content (AvgIpc) is 2.84. The largest absolute Gasteiger partial charge is 0.314 e. The standard InChI is InChI=1S/C18H24BrNS/c1-13(2)20-11-15(9-18-10-17(19)12-21-18)8-16-7-5-4-6-14(16)3/h4-7,10,12-13,15,20H,8-9,11H2,1-3H3. The molecule has 0 saturated carbocycles. The molecule has 21 heavy (non-hydrogen) atoms. The van der Waals surface area contributed by atoms with Gasteiger partial charge in [-0.05, 0) is 65.4 Å². The fourth-order valence-electron chi connectivity index (χ4n) is 2.51. The van der Waals surface area contributed by atoms with Crippen LogP contribution in [-0.2, 0) is 12.8 Å². The molecule has 1 aromatic carbocycles. The third kappa shape index (κ3) is 5.57. The predicted molar refractivity (Wildman–Crippen MR) is 97.2 cm³/mol. The molecule has 0 aliphatic carbocycles. The van der Waals surface area contributed by atoms with Gasteiger partial charge in [-0.15, -0.1) is 11.3 Å². The van der Waals surface area contributed by atoms with Gasteiger partial charge in [0.15, 0.2) is 0 Å². The number of aryl methyl sites for hydroxylation is 1. The second-order valence-corrected chi connectivity index (χ2v) is 7.91. The monoisotopic (exact) mass is 365 g/mol. The first kappa shape index (κ1) is 16.7. The van der Waals surface area contributed by atoms with E-state index in [1.165, 1.54) is 20.5 Å². The van der Waals surface area contributed by atoms with E-state index in [0.29, 0.717) is 12.0 Å². The lowest BCUT2D eigenvalue weighted by Crippen LogP contribution is -2.31. The minimum absolute atomic E-state index is 0.541. The van der Waals surface area contributed by atoms with Crippen LogP contribution in [0, 0.1) is 12.8 Å². The summed E-state index contributed by atoms with van der Waals surface area (Å²) in [5.41, 5.74) is 2.88. The Bertz CT molecular complexity index is 562. The molecule has 0 bridgehead atoms. The Labute approximate surface area is 140 Å². The highest BCUT2D eigenvalue weighted by Gasteiger charge is 2.14. The number of hydrogen-bond donors (Lipinski definition) is 1. The van der Waals surface area contributed by atoms with Crippen molar-refractivity contribution in [2.45, 2.75) is 39.7 Å². The average molecular weight is 366 g/mol. The maximum atomic E-state index is 3.61. The molecule has 0 aliphatic rings. The van der Waals surface area contributed by atoms with Crippen molar-refractivity contribution >= 4 is 27.3 Å². The molecule has 0 aliphatic heterocycles. The molecular formula is C18H24BrNS. The molecule has 1 heterocycles. The highest BCUT2D eigenvalue weighted by Crippen LogP contribution is 2.24. The van der Waals surface area contributed by atoms with E-state index < -0.39 is 0 Å². The number of halogens is 1. The van der Waals surface area contributed by atoms with E-state index in [-0.39, 0.29) is 0 Å². The summed E-state index contributed by atoms with van der Waals surface area (Å²) in [5, 5.41) is 5.78. The SMILES string of the molecule is Cc1ccccc1CC(CNC(C)C)Cc1cc(Br)cs1. The number of nitrogens with one attached hydrogen (secondary N) is 1. The van der Waals surface area contributed by atoms with E-state index in [0.717, 1.165) is 19.4 Å². The summed E-state index contributed by atoms with van der Waals surface area (Å²) in [4.78, 5) is 1.46. The Morgan fingerprint density at radius 1 is 1.19 bits per heavy atom. The highest BCUT2D eigenvalue weighted by atomic mass is 79.9. The van der Waals surface area contributed by atoms with Crippen molar-refractivity contribution in [1.29, 1.82) is 0 Å². The van der Waals surface area contributed by atoms with Gasteiger partial charge in [0.2, 0.25) is 0 Å². The van der Waals surface area contributed by atoms with Gasteiger partial charge in [0.25, 0.3) is 0 Å². The third-order valence-corrected chi connectivity index (χ3v) is 5.42. The molecule has 1 unspecified atom stereocenters. The molecule has 3 heteroatoms. The number of rotatable bonds is 7. The zero-order chi connectivity index (χ0) is 15.2. The van der Waals surface area contributed by atoms with Gasteiger partial charge in [0, 0.05) is 20.8 Å². The molecule has 1 atom stereocenters. The van der Waals surface area contributed by atoms with Crippen LogP contribution in [0.25, 0.3) is 0 Å². The van der Waals surface area contributed by atoms with Crippen molar-refractivity contribution < 1.29 is 0 Å². The van der Waals surface area contributed by atoms with Gasteiger partial charge in [-0.3, -0.25) is 0 Å². The van der Waals surface area contributed by atoms with Gasteiger partial charge in [0.1, 0.15) is 0 Å². The third-order valence-electron chi connectivity index (χ3n) is 3.70. The van der Waals surface area contributed by atoms with Gasteiger partial charge in [-0.2, -0.15) is 0 Å². The maximum Gasteiger partial charge on any atom is 0.0285 e. The lowest BCUT2D eigenvalue weighted by Gasteiger charge is -2.20. The first-order chi connectivity index (χ1) is 10.0. The minimum atomic E-state index is 0.541. The predicted octanol–water partition coefficient (Wildman–Crippen LogP) is 5.22. The van der Waals surface area contributed by atoms with E-state index in [2.05, 4.69) is 77.7 Å². The molecule has 2 aromatic rings. The highest BCUT2D eigenvalue weighted by molar-refractivity contribution is 9.10. The van der Waals surface area contributed by atoms with Crippen molar-refractivity contribution in [2.24, 2.45) is 5.92 Å². The summed E-state index contributed by atoms with van der Waals surface area (Å²) in [5.74, 6) is 0.638. The first-order valence-corrected chi connectivity index (χ1v) is 9.22. The van der Waals surface area contributed by atoms with Crippen molar-refractivity contribution in [3.63, 3.8) is 0 Å². The summed E-state index contributed by atoms with van der Waals surface area (Å²) in [7, 11) is 0. The van der Waals surface area contributed by atoms with Crippen LogP contribution in [0.15, 0.2) is 40.2 Å². The van der Waals surface area contributed by atoms with Gasteiger partial charge in [-0.25, -0.2) is 0 Å². The van der Waals surface area contributed by atoms with Gasteiger partial charge >= 0.3 is 0 Å². The molecule has 1 aromatic heterocycles. The quantitative estimate of drug-likeness (QED) is 0.709. The van der Waals surface area contributed by atoms with Crippen molar-refractivity contribution in [3.05, 3.63) is 56.2 Å². The lowest BCUT2D eigenvalue weighted by atomic mass is 9.93. The number of hydrogen-bond acceptors (Lipinski definition) is 2. The smallest absolute Gasteiger partial charge is 0.0285 e. The van der Waals surface area contributed by atoms with E-state index in [4.69, 9.17) is 0 Å². The Morgan fingerprint density at radius 3 is 2.57 bits per heavy atom. The van der Waals surface area contributed by atoms with Crippen molar-refractivity contribution in [2.75, 3.05) is 6.54 Å². The molecule has 0 saturated heterocycles. The second-order valence-electron chi connectivity index (χ2n) is 5.99. The fraction of sp³-hybridized carbons (Fsp3) is 0.444. The van der Waals surface area contributed by atoms with Crippen LogP contribution in [0.2, 0.25) is 0 Å². The Kier molecular flexibility index (Phi) is 6.46. The van der Waals surface area contributed by atoms with Crippen LogP contribution in [0.4, 0.5) is 0 Å². The van der Waals surface area contributed by atoms with Gasteiger partial charge < -0.3 is 5.32 Å². The molecule has 1 nitrogen and oxygen atoms in total.